The van der Waals surface area contributed by atoms with E-state index in [9.17, 15) is 14.3 Å². The van der Waals surface area contributed by atoms with Crippen LogP contribution in [-0.4, -0.2) is 66.1 Å². The molecule has 4 aromatic rings. The summed E-state index contributed by atoms with van der Waals surface area (Å²) in [5.41, 5.74) is 2.70. The third-order valence-corrected chi connectivity index (χ3v) is 8.19. The Morgan fingerprint density at radius 3 is 2.81 bits per heavy atom. The molecule has 6 rings (SSSR count). The second-order valence-corrected chi connectivity index (χ2v) is 14.0. The van der Waals surface area contributed by atoms with E-state index < -0.39 is 9.73 Å². The lowest BCUT2D eigenvalue weighted by molar-refractivity contribution is 0.258. The molecule has 4 heterocycles. The van der Waals surface area contributed by atoms with Crippen molar-refractivity contribution in [1.29, 1.82) is 5.26 Å². The first-order chi connectivity index (χ1) is 20.6. The number of benzene rings is 1. The number of nitrogens with one attached hydrogen (secondary N) is 1. The first-order valence-corrected chi connectivity index (χ1v) is 16.3. The van der Waals surface area contributed by atoms with Gasteiger partial charge in [0.2, 0.25) is 5.95 Å². The number of aromatic nitrogens is 5. The van der Waals surface area contributed by atoms with Crippen LogP contribution in [0.15, 0.2) is 58.3 Å². The minimum atomic E-state index is -2.45. The Hall–Kier alpha value is -4.54. The maximum absolute atomic E-state index is 13.4. The van der Waals surface area contributed by atoms with Crippen LogP contribution in [0, 0.1) is 16.7 Å². The van der Waals surface area contributed by atoms with E-state index in [1.54, 1.807) is 29.0 Å². The molecule has 3 aromatic heterocycles. The molecule has 0 spiro atoms. The fraction of sp³-hybridized carbons (Fsp3) is 0.367. The van der Waals surface area contributed by atoms with E-state index in [0.29, 0.717) is 23.5 Å². The zero-order chi connectivity index (χ0) is 30.4. The Morgan fingerprint density at radius 1 is 1.28 bits per heavy atom. The normalized spacial score (nSPS) is 15.9. The summed E-state index contributed by atoms with van der Waals surface area (Å²) in [4.78, 5) is 29.4. The second kappa shape index (κ2) is 10.9. The Labute approximate surface area is 249 Å². The number of allylic oxidation sites excluding steroid dienone is 1. The van der Waals surface area contributed by atoms with Gasteiger partial charge in [0.25, 0.3) is 5.56 Å². The van der Waals surface area contributed by atoms with Crippen molar-refractivity contribution in [3.8, 4) is 17.6 Å². The van der Waals surface area contributed by atoms with Crippen LogP contribution in [0.25, 0.3) is 16.9 Å². The molecule has 2 aliphatic rings. The molecule has 1 fully saturated rings. The molecule has 1 saturated carbocycles. The molecule has 0 bridgehead atoms. The molecule has 43 heavy (non-hydrogen) atoms. The number of pyridine rings is 1. The lowest BCUT2D eigenvalue weighted by Gasteiger charge is -2.27. The average Bonchev–Trinajstić information content (AvgIpc) is 3.69. The molecular weight excluding hydrogens is 566 g/mol. The molecule has 0 amide bonds. The summed E-state index contributed by atoms with van der Waals surface area (Å²) in [5.74, 6) is 1.73. The summed E-state index contributed by atoms with van der Waals surface area (Å²) in [6, 6.07) is 11.5. The molecule has 13 heteroatoms. The molecular formula is C30H33N9O3S. The van der Waals surface area contributed by atoms with Gasteiger partial charge in [-0.2, -0.15) is 14.6 Å². The average molecular weight is 600 g/mol. The van der Waals surface area contributed by atoms with Crippen molar-refractivity contribution in [2.75, 3.05) is 38.0 Å². The van der Waals surface area contributed by atoms with Crippen molar-refractivity contribution in [3.63, 3.8) is 0 Å². The van der Waals surface area contributed by atoms with E-state index in [0.717, 1.165) is 54.9 Å². The monoisotopic (exact) mass is 599 g/mol. The Balaban J connectivity index is 1.41. The molecule has 1 N–H and O–H groups in total. The lowest BCUT2D eigenvalue weighted by atomic mass is 9.98. The molecule has 1 aliphatic carbocycles. The number of rotatable bonds is 9. The smallest absolute Gasteiger partial charge is 0.278 e. The predicted molar refractivity (Wildman–Crippen MR) is 166 cm³/mol. The molecule has 222 valence electrons. The van der Waals surface area contributed by atoms with Gasteiger partial charge in [0.1, 0.15) is 17.7 Å². The summed E-state index contributed by atoms with van der Waals surface area (Å²) in [5, 5.41) is 13.2. The van der Waals surface area contributed by atoms with Gasteiger partial charge in [-0.15, -0.1) is 6.58 Å². The van der Waals surface area contributed by atoms with Gasteiger partial charge in [-0.3, -0.25) is 4.79 Å². The predicted octanol–water partition coefficient (Wildman–Crippen LogP) is 3.94. The van der Waals surface area contributed by atoms with Crippen LogP contribution in [0.5, 0.6) is 5.75 Å². The Morgan fingerprint density at radius 2 is 2.09 bits per heavy atom. The minimum absolute atomic E-state index is 0.211. The second-order valence-electron chi connectivity index (χ2n) is 11.5. The van der Waals surface area contributed by atoms with Crippen LogP contribution >= 0.6 is 0 Å². The fourth-order valence-corrected chi connectivity index (χ4v) is 5.75. The summed E-state index contributed by atoms with van der Waals surface area (Å²) < 4.78 is 25.9. The van der Waals surface area contributed by atoms with Crippen molar-refractivity contribution in [3.05, 3.63) is 70.7 Å². The molecule has 1 aromatic carbocycles. The number of nitriles is 1. The summed E-state index contributed by atoms with van der Waals surface area (Å²) in [7, 11) is -0.364. The zero-order valence-corrected chi connectivity index (χ0v) is 25.2. The van der Waals surface area contributed by atoms with E-state index in [1.807, 2.05) is 6.07 Å². The van der Waals surface area contributed by atoms with Crippen molar-refractivity contribution in [2.24, 2.45) is 9.78 Å². The van der Waals surface area contributed by atoms with Gasteiger partial charge < -0.3 is 15.0 Å². The first kappa shape index (κ1) is 28.6. The van der Waals surface area contributed by atoms with Gasteiger partial charge >= 0.3 is 0 Å². The van der Waals surface area contributed by atoms with Gasteiger partial charge in [0.05, 0.1) is 18.0 Å². The number of hydrogen-bond acceptors (Lipinski definition) is 10. The summed E-state index contributed by atoms with van der Waals surface area (Å²) >= 11 is 0. The fourth-order valence-electron chi connectivity index (χ4n) is 5.20. The maximum atomic E-state index is 13.4. The highest BCUT2D eigenvalue weighted by Gasteiger charge is 2.44. The topological polar surface area (TPSA) is 143 Å². The van der Waals surface area contributed by atoms with Crippen LogP contribution in [0.1, 0.15) is 24.0 Å². The molecule has 0 radical (unpaired) electrons. The highest BCUT2D eigenvalue weighted by Crippen LogP contribution is 2.45. The van der Waals surface area contributed by atoms with Gasteiger partial charge in [-0.05, 0) is 50.1 Å². The number of hydrogen-bond donors (Lipinski definition) is 1. The molecule has 0 saturated heterocycles. The quantitative estimate of drug-likeness (QED) is 0.283. The van der Waals surface area contributed by atoms with E-state index in [-0.39, 0.29) is 29.3 Å². The SMILES string of the molecule is C=CCn1c(=O)c2cnc(Nc3cc4c(c(OCC5(C#N)CC5)c3)CCN(C)C4)nc2n1-c1cccc(N=S(C)(C)=O)n1. The van der Waals surface area contributed by atoms with Gasteiger partial charge in [0.15, 0.2) is 17.3 Å². The first-order valence-electron chi connectivity index (χ1n) is 14.0. The molecule has 12 nitrogen and oxygen atoms in total. The van der Waals surface area contributed by atoms with E-state index in [1.165, 1.54) is 23.4 Å². The molecule has 1 aliphatic heterocycles. The van der Waals surface area contributed by atoms with Crippen molar-refractivity contribution >= 4 is 38.2 Å². The highest BCUT2D eigenvalue weighted by molar-refractivity contribution is 7.92. The maximum Gasteiger partial charge on any atom is 0.278 e. The Bertz CT molecular complexity index is 1970. The van der Waals surface area contributed by atoms with E-state index >= 15 is 0 Å². The Kier molecular flexibility index (Phi) is 7.27. The number of fused-ring (bicyclic) bond motifs is 2. The van der Waals surface area contributed by atoms with Gasteiger partial charge in [0, 0.05) is 58.8 Å². The lowest BCUT2D eigenvalue weighted by Crippen LogP contribution is -2.27. The van der Waals surface area contributed by atoms with Crippen molar-refractivity contribution in [1.82, 2.24) is 29.2 Å². The largest absolute Gasteiger partial charge is 0.492 e. The van der Waals surface area contributed by atoms with Crippen molar-refractivity contribution in [2.45, 2.75) is 32.4 Å². The summed E-state index contributed by atoms with van der Waals surface area (Å²) in [6.45, 7) is 6.07. The van der Waals surface area contributed by atoms with Crippen molar-refractivity contribution < 1.29 is 8.95 Å². The molecule has 0 unspecified atom stereocenters. The van der Waals surface area contributed by atoms with Crippen LogP contribution in [0.2, 0.25) is 0 Å². The van der Waals surface area contributed by atoms with Gasteiger partial charge in [-0.1, -0.05) is 12.1 Å². The van der Waals surface area contributed by atoms with Crippen LogP contribution in [-0.2, 0) is 29.2 Å². The van der Waals surface area contributed by atoms with E-state index in [4.69, 9.17) is 9.72 Å². The number of likely N-dealkylation sites (N-methyl/N-ethyl adjacent to an activating group) is 1. The highest BCUT2D eigenvalue weighted by atomic mass is 32.2. The summed E-state index contributed by atoms with van der Waals surface area (Å²) in [6.07, 6.45) is 8.75. The number of anilines is 2. The molecule has 0 atom stereocenters. The standard InChI is InChI=1S/C30H33N9O3S/c1-5-12-38-28(40)23-16-32-29(35-27(23)39(38)26-8-6-7-25(34-26)36-43(3,4)41)33-21-14-20-17-37(2)13-9-22(20)24(15-21)42-19-30(18-31)10-11-30/h5-8,14-16H,1,9-13,17,19H2,2-4H3,(H,32,33,35). The third kappa shape index (κ3) is 5.89. The van der Waals surface area contributed by atoms with Crippen LogP contribution in [0.4, 0.5) is 17.5 Å². The minimum Gasteiger partial charge on any atom is -0.492 e. The zero-order valence-electron chi connectivity index (χ0n) is 24.4. The third-order valence-electron chi connectivity index (χ3n) is 7.56. The van der Waals surface area contributed by atoms with E-state index in [2.05, 4.69) is 50.3 Å². The van der Waals surface area contributed by atoms with Crippen LogP contribution < -0.4 is 15.6 Å². The van der Waals surface area contributed by atoms with Crippen LogP contribution in [0.3, 0.4) is 0 Å². The number of nitrogens with zero attached hydrogens (tertiary/aromatic N) is 8. The number of ether oxygens (including phenoxy) is 1. The van der Waals surface area contributed by atoms with Gasteiger partial charge in [-0.25, -0.2) is 23.5 Å².